The van der Waals surface area contributed by atoms with Crippen molar-refractivity contribution in [3.63, 3.8) is 0 Å². The van der Waals surface area contributed by atoms with Crippen LogP contribution in [0.4, 0.5) is 0 Å². The van der Waals surface area contributed by atoms with Gasteiger partial charge in [-0.05, 0) is 5.92 Å². The quantitative estimate of drug-likeness (QED) is 0.556. The maximum Gasteiger partial charge on any atom is 0.116 e. The van der Waals surface area contributed by atoms with Gasteiger partial charge in [-0.1, -0.05) is 13.8 Å². The van der Waals surface area contributed by atoms with Gasteiger partial charge in [-0.25, -0.2) is 0 Å². The molecule has 1 rings (SSSR count). The molecule has 0 aliphatic carbocycles. The van der Waals surface area contributed by atoms with Crippen molar-refractivity contribution in [2.45, 2.75) is 19.4 Å². The average molecular weight is 130 g/mol. The highest BCUT2D eigenvalue weighted by Gasteiger charge is 2.41. The summed E-state index contributed by atoms with van der Waals surface area (Å²) in [6.45, 7) is 5.85. The number of ether oxygens (including phenoxy) is 2. The van der Waals surface area contributed by atoms with Crippen LogP contribution in [0, 0.1) is 5.92 Å². The molecule has 0 spiro atoms. The predicted molar refractivity (Wildman–Crippen MR) is 35.4 cm³/mol. The van der Waals surface area contributed by atoms with Gasteiger partial charge in [0.25, 0.3) is 0 Å². The van der Waals surface area contributed by atoms with E-state index in [2.05, 4.69) is 13.8 Å². The molecule has 2 heteroatoms. The van der Waals surface area contributed by atoms with E-state index in [1.54, 1.807) is 7.11 Å². The highest BCUT2D eigenvalue weighted by atomic mass is 16.6. The topological polar surface area (TPSA) is 18.5 Å². The zero-order valence-corrected chi connectivity index (χ0v) is 6.31. The smallest absolute Gasteiger partial charge is 0.116 e. The second-order valence-corrected chi connectivity index (χ2v) is 2.92. The van der Waals surface area contributed by atoms with E-state index in [0.717, 1.165) is 13.2 Å². The van der Waals surface area contributed by atoms with Gasteiger partial charge in [-0.3, -0.25) is 0 Å². The molecule has 1 fully saturated rings. The number of hydrogen-bond donors (Lipinski definition) is 0. The SMILES string of the molecule is COC1(C(C)C)COC1. The van der Waals surface area contributed by atoms with Crippen LogP contribution in [-0.4, -0.2) is 25.9 Å². The van der Waals surface area contributed by atoms with Crippen LogP contribution in [-0.2, 0) is 9.47 Å². The van der Waals surface area contributed by atoms with E-state index in [4.69, 9.17) is 9.47 Å². The van der Waals surface area contributed by atoms with Crippen LogP contribution in [0.25, 0.3) is 0 Å². The minimum Gasteiger partial charge on any atom is -0.375 e. The van der Waals surface area contributed by atoms with E-state index < -0.39 is 0 Å². The Balaban J connectivity index is 2.46. The fourth-order valence-corrected chi connectivity index (χ4v) is 0.990. The molecule has 2 nitrogen and oxygen atoms in total. The lowest BCUT2D eigenvalue weighted by Crippen LogP contribution is -2.55. The molecule has 0 aromatic carbocycles. The van der Waals surface area contributed by atoms with Crippen molar-refractivity contribution < 1.29 is 9.47 Å². The summed E-state index contributed by atoms with van der Waals surface area (Å²) in [6, 6.07) is 0. The number of hydrogen-bond acceptors (Lipinski definition) is 2. The third-order valence-corrected chi connectivity index (χ3v) is 2.15. The summed E-state index contributed by atoms with van der Waals surface area (Å²) >= 11 is 0. The van der Waals surface area contributed by atoms with Crippen molar-refractivity contribution in [3.8, 4) is 0 Å². The zero-order valence-electron chi connectivity index (χ0n) is 6.31. The van der Waals surface area contributed by atoms with Gasteiger partial charge < -0.3 is 9.47 Å². The number of rotatable bonds is 2. The molecule has 0 saturated carbocycles. The van der Waals surface area contributed by atoms with Gasteiger partial charge in [0.1, 0.15) is 5.60 Å². The lowest BCUT2D eigenvalue weighted by Gasteiger charge is -2.43. The molecule has 0 N–H and O–H groups in total. The first-order chi connectivity index (χ1) is 4.21. The van der Waals surface area contributed by atoms with Crippen LogP contribution in [0.15, 0.2) is 0 Å². The van der Waals surface area contributed by atoms with Crippen LogP contribution in [0.3, 0.4) is 0 Å². The molecule has 1 heterocycles. The molecule has 1 aliphatic heterocycles. The van der Waals surface area contributed by atoms with E-state index in [1.807, 2.05) is 0 Å². The minimum absolute atomic E-state index is 0.0417. The van der Waals surface area contributed by atoms with E-state index >= 15 is 0 Å². The normalized spacial score (nSPS) is 24.0. The van der Waals surface area contributed by atoms with Gasteiger partial charge in [0.2, 0.25) is 0 Å². The van der Waals surface area contributed by atoms with Gasteiger partial charge in [0, 0.05) is 7.11 Å². The van der Waals surface area contributed by atoms with Gasteiger partial charge in [0.15, 0.2) is 0 Å². The van der Waals surface area contributed by atoms with Crippen LogP contribution >= 0.6 is 0 Å². The molecule has 0 radical (unpaired) electrons. The Kier molecular flexibility index (Phi) is 1.78. The fourth-order valence-electron chi connectivity index (χ4n) is 0.990. The van der Waals surface area contributed by atoms with Crippen molar-refractivity contribution in [1.29, 1.82) is 0 Å². The summed E-state index contributed by atoms with van der Waals surface area (Å²) in [4.78, 5) is 0. The zero-order chi connectivity index (χ0) is 6.91. The lowest BCUT2D eigenvalue weighted by atomic mass is 9.88. The molecule has 9 heavy (non-hydrogen) atoms. The molecule has 54 valence electrons. The molecule has 1 aliphatic rings. The van der Waals surface area contributed by atoms with Gasteiger partial charge in [-0.2, -0.15) is 0 Å². The summed E-state index contributed by atoms with van der Waals surface area (Å²) in [6.07, 6.45) is 0. The Morgan fingerprint density at radius 2 is 2.00 bits per heavy atom. The van der Waals surface area contributed by atoms with Crippen molar-refractivity contribution in [1.82, 2.24) is 0 Å². The predicted octanol–water partition coefficient (Wildman–Crippen LogP) is 1.06. The Morgan fingerprint density at radius 3 is 2.00 bits per heavy atom. The Hall–Kier alpha value is -0.0800. The third-order valence-electron chi connectivity index (χ3n) is 2.15. The second-order valence-electron chi connectivity index (χ2n) is 2.92. The van der Waals surface area contributed by atoms with Crippen molar-refractivity contribution in [2.75, 3.05) is 20.3 Å². The van der Waals surface area contributed by atoms with Crippen LogP contribution < -0.4 is 0 Å². The summed E-state index contributed by atoms with van der Waals surface area (Å²) in [5, 5.41) is 0. The standard InChI is InChI=1S/C7H14O2/c1-6(2)7(8-3)4-9-5-7/h6H,4-5H2,1-3H3. The monoisotopic (exact) mass is 130 g/mol. The summed E-state index contributed by atoms with van der Waals surface area (Å²) in [5.41, 5.74) is 0.0417. The van der Waals surface area contributed by atoms with Crippen LogP contribution in [0.5, 0.6) is 0 Å². The van der Waals surface area contributed by atoms with Crippen LogP contribution in [0.2, 0.25) is 0 Å². The minimum atomic E-state index is 0.0417. The Bertz CT molecular complexity index is 89.6. The summed E-state index contributed by atoms with van der Waals surface area (Å²) in [5.74, 6) is 0.566. The largest absolute Gasteiger partial charge is 0.375 e. The molecule has 0 atom stereocenters. The van der Waals surface area contributed by atoms with Crippen molar-refractivity contribution >= 4 is 0 Å². The first-order valence-corrected chi connectivity index (χ1v) is 3.34. The highest BCUT2D eigenvalue weighted by Crippen LogP contribution is 2.28. The van der Waals surface area contributed by atoms with Gasteiger partial charge >= 0.3 is 0 Å². The van der Waals surface area contributed by atoms with E-state index in [0.29, 0.717) is 5.92 Å². The first kappa shape index (κ1) is 7.03. The Morgan fingerprint density at radius 1 is 1.44 bits per heavy atom. The van der Waals surface area contributed by atoms with E-state index in [1.165, 1.54) is 0 Å². The molecule has 0 bridgehead atoms. The van der Waals surface area contributed by atoms with Crippen LogP contribution in [0.1, 0.15) is 13.8 Å². The molecule has 1 saturated heterocycles. The maximum atomic E-state index is 5.31. The van der Waals surface area contributed by atoms with Gasteiger partial charge in [0.05, 0.1) is 13.2 Å². The van der Waals surface area contributed by atoms with Crippen molar-refractivity contribution in [2.24, 2.45) is 5.92 Å². The average Bonchev–Trinajstić information content (AvgIpc) is 1.62. The van der Waals surface area contributed by atoms with Crippen molar-refractivity contribution in [3.05, 3.63) is 0 Å². The fraction of sp³-hybridized carbons (Fsp3) is 1.00. The summed E-state index contributed by atoms with van der Waals surface area (Å²) < 4.78 is 10.4. The maximum absolute atomic E-state index is 5.31. The first-order valence-electron chi connectivity index (χ1n) is 3.34. The second kappa shape index (κ2) is 2.27. The molecule has 0 aromatic rings. The molecule has 0 amide bonds. The Labute approximate surface area is 56.2 Å². The van der Waals surface area contributed by atoms with E-state index in [9.17, 15) is 0 Å². The number of methoxy groups -OCH3 is 1. The third kappa shape index (κ3) is 0.970. The molecule has 0 unspecified atom stereocenters. The lowest BCUT2D eigenvalue weighted by molar-refractivity contribution is -0.217. The summed E-state index contributed by atoms with van der Waals surface area (Å²) in [7, 11) is 1.75. The molecular formula is C7H14O2. The highest BCUT2D eigenvalue weighted by molar-refractivity contribution is 4.89. The molecular weight excluding hydrogens is 116 g/mol. The van der Waals surface area contributed by atoms with Gasteiger partial charge in [-0.15, -0.1) is 0 Å². The molecule has 0 aromatic heterocycles. The van der Waals surface area contributed by atoms with E-state index in [-0.39, 0.29) is 5.60 Å².